The Labute approximate surface area is 128 Å². The van der Waals surface area contributed by atoms with Crippen LogP contribution in [0.1, 0.15) is 16.2 Å². The predicted octanol–water partition coefficient (Wildman–Crippen LogP) is 3.10. The monoisotopic (exact) mass is 290 g/mol. The van der Waals surface area contributed by atoms with Crippen LogP contribution in [0.2, 0.25) is 0 Å². The maximum atomic E-state index is 12.4. The second-order valence-corrected chi connectivity index (χ2v) is 4.75. The molecule has 2 aromatic heterocycles. The second-order valence-electron chi connectivity index (χ2n) is 4.75. The number of para-hydroxylation sites is 1. The first-order chi connectivity index (χ1) is 10.7. The molecule has 0 fully saturated rings. The molecule has 0 aliphatic carbocycles. The Balaban J connectivity index is 1.91. The van der Waals surface area contributed by atoms with E-state index in [0.717, 1.165) is 11.3 Å². The number of rotatable bonds is 3. The molecule has 1 aromatic carbocycles. The first-order valence-corrected chi connectivity index (χ1v) is 6.84. The molecule has 0 unspecified atom stereocenters. The van der Waals surface area contributed by atoms with Gasteiger partial charge in [-0.2, -0.15) is 0 Å². The summed E-state index contributed by atoms with van der Waals surface area (Å²) >= 11 is 0. The SMILES string of the molecule is Cc1ncc(-c2ccncc2)nc1C(=O)Nc1ccccc1. The van der Waals surface area contributed by atoms with Crippen molar-refractivity contribution in [2.24, 2.45) is 0 Å². The van der Waals surface area contributed by atoms with Crippen LogP contribution in [-0.4, -0.2) is 20.9 Å². The fourth-order valence-electron chi connectivity index (χ4n) is 2.04. The van der Waals surface area contributed by atoms with Gasteiger partial charge in [-0.1, -0.05) is 18.2 Å². The third-order valence-corrected chi connectivity index (χ3v) is 3.18. The van der Waals surface area contributed by atoms with Gasteiger partial charge in [-0.15, -0.1) is 0 Å². The van der Waals surface area contributed by atoms with Crippen molar-refractivity contribution in [3.05, 3.63) is 72.4 Å². The molecule has 0 aliphatic heterocycles. The maximum Gasteiger partial charge on any atom is 0.276 e. The number of hydrogen-bond donors (Lipinski definition) is 1. The summed E-state index contributed by atoms with van der Waals surface area (Å²) in [6.45, 7) is 1.77. The molecule has 1 N–H and O–H groups in total. The van der Waals surface area contributed by atoms with Crippen LogP contribution in [0.15, 0.2) is 61.1 Å². The number of aromatic nitrogens is 3. The van der Waals surface area contributed by atoms with E-state index in [-0.39, 0.29) is 5.91 Å². The fraction of sp³-hybridized carbons (Fsp3) is 0.0588. The second kappa shape index (κ2) is 6.13. The Hall–Kier alpha value is -3.08. The number of hydrogen-bond acceptors (Lipinski definition) is 4. The number of aryl methyl sites for hydroxylation is 1. The van der Waals surface area contributed by atoms with Crippen LogP contribution in [0, 0.1) is 6.92 Å². The number of anilines is 1. The summed E-state index contributed by atoms with van der Waals surface area (Å²) in [4.78, 5) is 25.1. The van der Waals surface area contributed by atoms with E-state index in [0.29, 0.717) is 17.1 Å². The number of benzene rings is 1. The van der Waals surface area contributed by atoms with Crippen molar-refractivity contribution in [2.75, 3.05) is 5.32 Å². The van der Waals surface area contributed by atoms with Crippen LogP contribution in [0.3, 0.4) is 0 Å². The minimum Gasteiger partial charge on any atom is -0.321 e. The summed E-state index contributed by atoms with van der Waals surface area (Å²) in [6, 6.07) is 12.9. The van der Waals surface area contributed by atoms with Crippen molar-refractivity contribution >= 4 is 11.6 Å². The number of carbonyl (C=O) groups is 1. The Kier molecular flexibility index (Phi) is 3.87. The summed E-state index contributed by atoms with van der Waals surface area (Å²) in [7, 11) is 0. The lowest BCUT2D eigenvalue weighted by Crippen LogP contribution is -2.16. The topological polar surface area (TPSA) is 67.8 Å². The van der Waals surface area contributed by atoms with E-state index in [1.807, 2.05) is 42.5 Å². The summed E-state index contributed by atoms with van der Waals surface area (Å²) < 4.78 is 0. The summed E-state index contributed by atoms with van der Waals surface area (Å²) in [5.41, 5.74) is 3.15. The summed E-state index contributed by atoms with van der Waals surface area (Å²) in [5, 5.41) is 2.82. The predicted molar refractivity (Wildman–Crippen MR) is 84.4 cm³/mol. The summed E-state index contributed by atoms with van der Waals surface area (Å²) in [6.07, 6.45) is 5.02. The normalized spacial score (nSPS) is 10.2. The molecule has 0 aliphatic rings. The van der Waals surface area contributed by atoms with E-state index in [1.165, 1.54) is 0 Å². The van der Waals surface area contributed by atoms with E-state index >= 15 is 0 Å². The molecule has 3 aromatic rings. The molecule has 0 spiro atoms. The van der Waals surface area contributed by atoms with Gasteiger partial charge >= 0.3 is 0 Å². The zero-order chi connectivity index (χ0) is 15.4. The molecule has 2 heterocycles. The lowest BCUT2D eigenvalue weighted by molar-refractivity contribution is 0.102. The van der Waals surface area contributed by atoms with E-state index in [4.69, 9.17) is 0 Å². The van der Waals surface area contributed by atoms with Gasteiger partial charge < -0.3 is 5.32 Å². The van der Waals surface area contributed by atoms with Crippen molar-refractivity contribution in [3.8, 4) is 11.3 Å². The highest BCUT2D eigenvalue weighted by atomic mass is 16.1. The Morgan fingerprint density at radius 2 is 1.77 bits per heavy atom. The van der Waals surface area contributed by atoms with Gasteiger partial charge in [0.2, 0.25) is 0 Å². The molecule has 0 saturated heterocycles. The fourth-order valence-corrected chi connectivity index (χ4v) is 2.04. The lowest BCUT2D eigenvalue weighted by atomic mass is 10.2. The molecular weight excluding hydrogens is 276 g/mol. The molecule has 0 saturated carbocycles. The number of nitrogens with one attached hydrogen (secondary N) is 1. The molecule has 5 nitrogen and oxygen atoms in total. The highest BCUT2D eigenvalue weighted by Crippen LogP contribution is 2.17. The highest BCUT2D eigenvalue weighted by molar-refractivity contribution is 6.03. The van der Waals surface area contributed by atoms with Crippen molar-refractivity contribution in [2.45, 2.75) is 6.92 Å². The van der Waals surface area contributed by atoms with Gasteiger partial charge in [-0.3, -0.25) is 14.8 Å². The van der Waals surface area contributed by atoms with E-state index in [9.17, 15) is 4.79 Å². The Bertz CT molecular complexity index is 788. The molecule has 0 radical (unpaired) electrons. The van der Waals surface area contributed by atoms with Gasteiger partial charge in [0, 0.05) is 23.6 Å². The van der Waals surface area contributed by atoms with Crippen molar-refractivity contribution in [1.82, 2.24) is 15.0 Å². The minimum atomic E-state index is -0.271. The van der Waals surface area contributed by atoms with Crippen LogP contribution in [0.4, 0.5) is 5.69 Å². The molecule has 0 bridgehead atoms. The van der Waals surface area contributed by atoms with Gasteiger partial charge in [0.25, 0.3) is 5.91 Å². The summed E-state index contributed by atoms with van der Waals surface area (Å²) in [5.74, 6) is -0.271. The van der Waals surface area contributed by atoms with Gasteiger partial charge in [0.05, 0.1) is 17.6 Å². The smallest absolute Gasteiger partial charge is 0.276 e. The Morgan fingerprint density at radius 3 is 2.50 bits per heavy atom. The maximum absolute atomic E-state index is 12.4. The van der Waals surface area contributed by atoms with Crippen LogP contribution in [-0.2, 0) is 0 Å². The number of nitrogens with zero attached hydrogens (tertiary/aromatic N) is 3. The van der Waals surface area contributed by atoms with E-state index < -0.39 is 0 Å². The molecule has 108 valence electrons. The third-order valence-electron chi connectivity index (χ3n) is 3.18. The van der Waals surface area contributed by atoms with Crippen LogP contribution < -0.4 is 5.32 Å². The molecule has 5 heteroatoms. The average molecular weight is 290 g/mol. The molecule has 3 rings (SSSR count). The lowest BCUT2D eigenvalue weighted by Gasteiger charge is -2.08. The molecular formula is C17H14N4O. The zero-order valence-electron chi connectivity index (χ0n) is 12.0. The minimum absolute atomic E-state index is 0.271. The molecule has 0 atom stereocenters. The number of pyridine rings is 1. The van der Waals surface area contributed by atoms with Crippen LogP contribution in [0.5, 0.6) is 0 Å². The standard InChI is InChI=1S/C17H14N4O/c1-12-16(17(22)20-14-5-3-2-4-6-14)21-15(11-19-12)13-7-9-18-10-8-13/h2-11H,1H3,(H,20,22). The molecule has 1 amide bonds. The van der Waals surface area contributed by atoms with Gasteiger partial charge in [0.1, 0.15) is 5.69 Å². The quantitative estimate of drug-likeness (QED) is 0.804. The third kappa shape index (κ3) is 2.98. The van der Waals surface area contributed by atoms with Gasteiger partial charge in [-0.05, 0) is 31.2 Å². The van der Waals surface area contributed by atoms with Crippen molar-refractivity contribution in [1.29, 1.82) is 0 Å². The van der Waals surface area contributed by atoms with Crippen molar-refractivity contribution < 1.29 is 4.79 Å². The number of carbonyl (C=O) groups excluding carboxylic acids is 1. The van der Waals surface area contributed by atoms with Crippen LogP contribution in [0.25, 0.3) is 11.3 Å². The van der Waals surface area contributed by atoms with Crippen molar-refractivity contribution in [3.63, 3.8) is 0 Å². The first-order valence-electron chi connectivity index (χ1n) is 6.84. The first kappa shape index (κ1) is 13.9. The van der Waals surface area contributed by atoms with E-state index in [1.54, 1.807) is 25.5 Å². The van der Waals surface area contributed by atoms with E-state index in [2.05, 4.69) is 20.3 Å². The number of amides is 1. The molecule has 22 heavy (non-hydrogen) atoms. The largest absolute Gasteiger partial charge is 0.321 e. The highest BCUT2D eigenvalue weighted by Gasteiger charge is 2.14. The average Bonchev–Trinajstić information content (AvgIpc) is 2.57. The van der Waals surface area contributed by atoms with Crippen LogP contribution >= 0.6 is 0 Å². The zero-order valence-corrected chi connectivity index (χ0v) is 12.0. The van der Waals surface area contributed by atoms with Gasteiger partial charge in [-0.25, -0.2) is 4.98 Å². The Morgan fingerprint density at radius 1 is 1.05 bits per heavy atom. The van der Waals surface area contributed by atoms with Gasteiger partial charge in [0.15, 0.2) is 0 Å².